The molecule has 0 saturated carbocycles. The predicted molar refractivity (Wildman–Crippen MR) is 72.5 cm³/mol. The molecular formula is C15H28O. The molecule has 0 radical (unpaired) electrons. The third-order valence-electron chi connectivity index (χ3n) is 2.99. The molecule has 0 fully saturated rings. The Morgan fingerprint density at radius 3 is 2.31 bits per heavy atom. The number of aliphatic hydroxyl groups excluding tert-OH is 1. The van der Waals surface area contributed by atoms with Crippen LogP contribution in [0.4, 0.5) is 0 Å². The minimum atomic E-state index is 0.181. The SMILES string of the molecule is CCCC(C)CCC(C)=CCC=C(C)CO. The normalized spacial score (nSPS) is 15.3. The van der Waals surface area contributed by atoms with Gasteiger partial charge in [-0.3, -0.25) is 0 Å². The zero-order valence-electron chi connectivity index (χ0n) is 11.4. The summed E-state index contributed by atoms with van der Waals surface area (Å²) in [6.07, 6.45) is 10.5. The first-order valence-corrected chi connectivity index (χ1v) is 6.52. The lowest BCUT2D eigenvalue weighted by molar-refractivity contribution is 0.331. The number of aliphatic hydroxyl groups is 1. The van der Waals surface area contributed by atoms with Crippen LogP contribution >= 0.6 is 0 Å². The van der Waals surface area contributed by atoms with Gasteiger partial charge in [-0.2, -0.15) is 0 Å². The smallest absolute Gasteiger partial charge is 0.0639 e. The highest BCUT2D eigenvalue weighted by Gasteiger charge is 2.00. The van der Waals surface area contributed by atoms with Gasteiger partial charge in [0.05, 0.1) is 6.61 Å². The van der Waals surface area contributed by atoms with Gasteiger partial charge in [-0.25, -0.2) is 0 Å². The molecule has 1 nitrogen and oxygen atoms in total. The van der Waals surface area contributed by atoms with Crippen LogP contribution in [0.1, 0.15) is 59.8 Å². The highest BCUT2D eigenvalue weighted by molar-refractivity contribution is 5.06. The van der Waals surface area contributed by atoms with Gasteiger partial charge in [0.1, 0.15) is 0 Å². The minimum Gasteiger partial charge on any atom is -0.392 e. The van der Waals surface area contributed by atoms with E-state index in [9.17, 15) is 0 Å². The van der Waals surface area contributed by atoms with Crippen molar-refractivity contribution in [1.82, 2.24) is 0 Å². The second kappa shape index (κ2) is 9.65. The van der Waals surface area contributed by atoms with Crippen LogP contribution in [0.3, 0.4) is 0 Å². The lowest BCUT2D eigenvalue weighted by Gasteiger charge is -2.09. The fourth-order valence-electron chi connectivity index (χ4n) is 1.74. The van der Waals surface area contributed by atoms with Gasteiger partial charge in [0.15, 0.2) is 0 Å². The maximum absolute atomic E-state index is 8.85. The Morgan fingerprint density at radius 2 is 1.75 bits per heavy atom. The third kappa shape index (κ3) is 8.72. The first-order chi connectivity index (χ1) is 7.60. The molecule has 0 aliphatic heterocycles. The second-order valence-corrected chi connectivity index (χ2v) is 4.93. The molecule has 94 valence electrons. The van der Waals surface area contributed by atoms with Crippen molar-refractivity contribution in [3.63, 3.8) is 0 Å². The van der Waals surface area contributed by atoms with E-state index in [1.54, 1.807) is 0 Å². The number of rotatable bonds is 8. The van der Waals surface area contributed by atoms with Gasteiger partial charge in [0.2, 0.25) is 0 Å². The summed E-state index contributed by atoms with van der Waals surface area (Å²) in [5.41, 5.74) is 2.54. The molecule has 0 aromatic rings. The summed E-state index contributed by atoms with van der Waals surface area (Å²) in [6, 6.07) is 0. The fraction of sp³-hybridized carbons (Fsp3) is 0.733. The molecule has 0 bridgehead atoms. The molecule has 0 saturated heterocycles. The van der Waals surface area contributed by atoms with Crippen molar-refractivity contribution in [2.45, 2.75) is 59.8 Å². The van der Waals surface area contributed by atoms with E-state index in [2.05, 4.69) is 32.9 Å². The van der Waals surface area contributed by atoms with Crippen LogP contribution in [0.15, 0.2) is 23.3 Å². The Balaban J connectivity index is 3.79. The Kier molecular flexibility index (Phi) is 9.31. The van der Waals surface area contributed by atoms with Gasteiger partial charge in [-0.1, -0.05) is 50.0 Å². The maximum atomic E-state index is 8.85. The standard InChI is InChI=1S/C15H28O/c1-5-7-13(2)10-11-14(3)8-6-9-15(4)12-16/h8-9,13,16H,5-7,10-12H2,1-4H3. The van der Waals surface area contributed by atoms with Crippen molar-refractivity contribution in [3.8, 4) is 0 Å². The lowest BCUT2D eigenvalue weighted by Crippen LogP contribution is -1.94. The van der Waals surface area contributed by atoms with E-state index in [0.717, 1.165) is 17.9 Å². The van der Waals surface area contributed by atoms with Crippen LogP contribution in [0.25, 0.3) is 0 Å². The quantitative estimate of drug-likeness (QED) is 0.603. The van der Waals surface area contributed by atoms with Crippen molar-refractivity contribution < 1.29 is 5.11 Å². The maximum Gasteiger partial charge on any atom is 0.0639 e. The summed E-state index contributed by atoms with van der Waals surface area (Å²) < 4.78 is 0. The first kappa shape index (κ1) is 15.4. The average Bonchev–Trinajstić information content (AvgIpc) is 2.26. The van der Waals surface area contributed by atoms with Crippen LogP contribution in [-0.2, 0) is 0 Å². The van der Waals surface area contributed by atoms with Crippen LogP contribution in [0.2, 0.25) is 0 Å². The van der Waals surface area contributed by atoms with E-state index >= 15 is 0 Å². The Bertz CT molecular complexity index is 226. The summed E-state index contributed by atoms with van der Waals surface area (Å²) >= 11 is 0. The van der Waals surface area contributed by atoms with Crippen LogP contribution in [0, 0.1) is 5.92 Å². The molecule has 0 aromatic carbocycles. The molecule has 0 aliphatic carbocycles. The van der Waals surface area contributed by atoms with Crippen LogP contribution in [0.5, 0.6) is 0 Å². The zero-order valence-corrected chi connectivity index (χ0v) is 11.4. The molecule has 1 atom stereocenters. The van der Waals surface area contributed by atoms with Gasteiger partial charge < -0.3 is 5.11 Å². The predicted octanol–water partition coefficient (Wildman–Crippen LogP) is 4.48. The topological polar surface area (TPSA) is 20.2 Å². The molecule has 1 N–H and O–H groups in total. The van der Waals surface area contributed by atoms with Gasteiger partial charge in [-0.15, -0.1) is 0 Å². The largest absolute Gasteiger partial charge is 0.392 e. The molecule has 0 rings (SSSR count). The zero-order chi connectivity index (χ0) is 12.4. The summed E-state index contributed by atoms with van der Waals surface area (Å²) in [4.78, 5) is 0. The van der Waals surface area contributed by atoms with Gasteiger partial charge >= 0.3 is 0 Å². The molecule has 0 heterocycles. The molecule has 0 spiro atoms. The second-order valence-electron chi connectivity index (χ2n) is 4.93. The first-order valence-electron chi connectivity index (χ1n) is 6.52. The Labute approximate surface area is 101 Å². The number of hydrogen-bond acceptors (Lipinski definition) is 1. The Hall–Kier alpha value is -0.560. The van der Waals surface area contributed by atoms with Crippen molar-refractivity contribution in [2.75, 3.05) is 6.61 Å². The van der Waals surface area contributed by atoms with E-state index in [4.69, 9.17) is 5.11 Å². The van der Waals surface area contributed by atoms with Crippen molar-refractivity contribution in [1.29, 1.82) is 0 Å². The molecule has 0 amide bonds. The van der Waals surface area contributed by atoms with Crippen molar-refractivity contribution in [3.05, 3.63) is 23.3 Å². The molecular weight excluding hydrogens is 196 g/mol. The fourth-order valence-corrected chi connectivity index (χ4v) is 1.74. The number of hydrogen-bond donors (Lipinski definition) is 1. The van der Waals surface area contributed by atoms with Crippen LogP contribution in [-0.4, -0.2) is 11.7 Å². The van der Waals surface area contributed by atoms with E-state index in [-0.39, 0.29) is 6.61 Å². The van der Waals surface area contributed by atoms with Gasteiger partial charge in [-0.05, 0) is 39.0 Å². The van der Waals surface area contributed by atoms with E-state index in [1.807, 2.05) is 6.92 Å². The summed E-state index contributed by atoms with van der Waals surface area (Å²) in [7, 11) is 0. The molecule has 1 unspecified atom stereocenters. The summed E-state index contributed by atoms with van der Waals surface area (Å²) in [6.45, 7) is 8.95. The molecule has 1 heteroatoms. The third-order valence-corrected chi connectivity index (χ3v) is 2.99. The van der Waals surface area contributed by atoms with E-state index < -0.39 is 0 Å². The van der Waals surface area contributed by atoms with E-state index in [0.29, 0.717) is 0 Å². The molecule has 0 aliphatic rings. The van der Waals surface area contributed by atoms with Crippen LogP contribution < -0.4 is 0 Å². The van der Waals surface area contributed by atoms with E-state index in [1.165, 1.54) is 31.3 Å². The Morgan fingerprint density at radius 1 is 1.12 bits per heavy atom. The molecule has 16 heavy (non-hydrogen) atoms. The highest BCUT2D eigenvalue weighted by Crippen LogP contribution is 2.16. The summed E-state index contributed by atoms with van der Waals surface area (Å²) in [5.74, 6) is 0.850. The molecule has 0 aromatic heterocycles. The van der Waals surface area contributed by atoms with Gasteiger partial charge in [0.25, 0.3) is 0 Å². The average molecular weight is 224 g/mol. The lowest BCUT2D eigenvalue weighted by atomic mass is 9.97. The summed E-state index contributed by atoms with van der Waals surface area (Å²) in [5, 5.41) is 8.85. The minimum absolute atomic E-state index is 0.181. The number of allylic oxidation sites excluding steroid dienone is 3. The monoisotopic (exact) mass is 224 g/mol. The van der Waals surface area contributed by atoms with Crippen molar-refractivity contribution in [2.24, 2.45) is 5.92 Å². The van der Waals surface area contributed by atoms with Gasteiger partial charge in [0, 0.05) is 0 Å². The highest BCUT2D eigenvalue weighted by atomic mass is 16.3. The van der Waals surface area contributed by atoms with Crippen molar-refractivity contribution >= 4 is 0 Å².